The fourth-order valence-corrected chi connectivity index (χ4v) is 3.24. The second-order valence-electron chi connectivity index (χ2n) is 5.77. The van der Waals surface area contributed by atoms with Gasteiger partial charge in [0.1, 0.15) is 0 Å². The fraction of sp³-hybridized carbons (Fsp3) is 0.222. The molecule has 3 heterocycles. The van der Waals surface area contributed by atoms with E-state index in [0.29, 0.717) is 0 Å². The molecule has 4 rings (SSSR count). The molecule has 3 aromatic rings. The number of aromatic amines is 1. The summed E-state index contributed by atoms with van der Waals surface area (Å²) in [4.78, 5) is 6.79. The summed E-state index contributed by atoms with van der Waals surface area (Å²) in [6.45, 7) is 6.32. The number of pyridine rings is 1. The lowest BCUT2D eigenvalue weighted by molar-refractivity contribution is 1.08. The molecule has 0 aliphatic carbocycles. The Hall–Kier alpha value is -2.62. The highest BCUT2D eigenvalue weighted by Crippen LogP contribution is 2.38. The zero-order valence-corrected chi connectivity index (χ0v) is 12.8. The average Bonchev–Trinajstić information content (AvgIpc) is 3.15. The molecule has 4 nitrogen and oxygen atoms in total. The van der Waals surface area contributed by atoms with Crippen molar-refractivity contribution < 1.29 is 0 Å². The Balaban J connectivity index is 2.02. The van der Waals surface area contributed by atoms with Crippen LogP contribution in [0.4, 0.5) is 5.69 Å². The Labute approximate surface area is 129 Å². The molecule has 0 saturated carbocycles. The molecule has 0 saturated heterocycles. The molecule has 4 heteroatoms. The van der Waals surface area contributed by atoms with E-state index >= 15 is 0 Å². The van der Waals surface area contributed by atoms with Crippen LogP contribution in [0.25, 0.3) is 22.2 Å². The number of hydrogen-bond acceptors (Lipinski definition) is 3. The summed E-state index contributed by atoms with van der Waals surface area (Å²) in [6.07, 6.45) is 5.61. The number of nitrogens with one attached hydrogen (secondary N) is 1. The maximum Gasteiger partial charge on any atom is 0.0709 e. The number of aryl methyl sites for hydroxylation is 1. The number of nitrogens with zero attached hydrogens (tertiary/aromatic N) is 3. The summed E-state index contributed by atoms with van der Waals surface area (Å²) in [6, 6.07) is 6.47. The molecule has 0 fully saturated rings. The minimum atomic E-state index is 0.888. The summed E-state index contributed by atoms with van der Waals surface area (Å²) < 4.78 is 0. The van der Waals surface area contributed by atoms with Crippen molar-refractivity contribution in [1.29, 1.82) is 0 Å². The highest BCUT2D eigenvalue weighted by atomic mass is 15.1. The number of rotatable bonds is 2. The Bertz CT molecular complexity index is 878. The van der Waals surface area contributed by atoms with E-state index in [0.717, 1.165) is 35.4 Å². The number of allylic oxidation sites excluding steroid dienone is 1. The molecular formula is C18H18N4. The van der Waals surface area contributed by atoms with Crippen LogP contribution >= 0.6 is 0 Å². The third kappa shape index (κ3) is 1.77. The number of anilines is 1. The van der Waals surface area contributed by atoms with Crippen molar-refractivity contribution in [3.8, 4) is 11.3 Å². The van der Waals surface area contributed by atoms with E-state index in [1.165, 1.54) is 22.1 Å². The molecule has 22 heavy (non-hydrogen) atoms. The Morgan fingerprint density at radius 2 is 2.23 bits per heavy atom. The van der Waals surface area contributed by atoms with E-state index in [4.69, 9.17) is 0 Å². The first-order valence-corrected chi connectivity index (χ1v) is 7.54. The van der Waals surface area contributed by atoms with E-state index in [1.807, 2.05) is 12.3 Å². The Morgan fingerprint density at radius 3 is 2.95 bits per heavy atom. The van der Waals surface area contributed by atoms with Crippen LogP contribution in [0.2, 0.25) is 0 Å². The van der Waals surface area contributed by atoms with E-state index in [-0.39, 0.29) is 0 Å². The number of hydrogen-bond donors (Lipinski definition) is 1. The van der Waals surface area contributed by atoms with Crippen molar-refractivity contribution in [2.75, 3.05) is 11.9 Å². The van der Waals surface area contributed by atoms with Crippen LogP contribution in [0.15, 0.2) is 42.9 Å². The zero-order chi connectivity index (χ0) is 15.3. The second-order valence-corrected chi connectivity index (χ2v) is 5.77. The number of aromatic nitrogens is 3. The summed E-state index contributed by atoms with van der Waals surface area (Å²) >= 11 is 0. The van der Waals surface area contributed by atoms with Crippen LogP contribution in [0.1, 0.15) is 18.1 Å². The van der Waals surface area contributed by atoms with E-state index in [9.17, 15) is 0 Å². The van der Waals surface area contributed by atoms with Crippen LogP contribution < -0.4 is 4.90 Å². The van der Waals surface area contributed by atoms with Gasteiger partial charge in [-0.25, -0.2) is 0 Å². The first-order chi connectivity index (χ1) is 10.7. The van der Waals surface area contributed by atoms with Gasteiger partial charge in [-0.15, -0.1) is 0 Å². The number of fused-ring (bicyclic) bond motifs is 3. The molecular weight excluding hydrogens is 272 g/mol. The summed E-state index contributed by atoms with van der Waals surface area (Å²) in [5.41, 5.74) is 8.21. The molecule has 1 aromatic carbocycles. The van der Waals surface area contributed by atoms with Gasteiger partial charge < -0.3 is 4.90 Å². The van der Waals surface area contributed by atoms with Crippen molar-refractivity contribution in [3.05, 3.63) is 54.0 Å². The fourth-order valence-electron chi connectivity index (χ4n) is 3.24. The smallest absolute Gasteiger partial charge is 0.0709 e. The first kappa shape index (κ1) is 13.1. The van der Waals surface area contributed by atoms with Crippen LogP contribution in [0, 0.1) is 0 Å². The van der Waals surface area contributed by atoms with Gasteiger partial charge >= 0.3 is 0 Å². The van der Waals surface area contributed by atoms with Crippen molar-refractivity contribution in [1.82, 2.24) is 15.2 Å². The van der Waals surface area contributed by atoms with E-state index in [2.05, 4.69) is 52.8 Å². The molecule has 0 bridgehead atoms. The molecule has 1 aliphatic rings. The summed E-state index contributed by atoms with van der Waals surface area (Å²) in [5, 5.41) is 8.38. The minimum Gasteiger partial charge on any atom is -0.347 e. The maximum atomic E-state index is 4.66. The van der Waals surface area contributed by atoms with Crippen molar-refractivity contribution >= 4 is 16.6 Å². The Kier molecular flexibility index (Phi) is 2.79. The van der Waals surface area contributed by atoms with Gasteiger partial charge in [-0.2, -0.15) is 5.10 Å². The zero-order valence-electron chi connectivity index (χ0n) is 12.8. The lowest BCUT2D eigenvalue weighted by Gasteiger charge is -2.14. The third-order valence-corrected chi connectivity index (χ3v) is 4.57. The topological polar surface area (TPSA) is 44.8 Å². The summed E-state index contributed by atoms with van der Waals surface area (Å²) in [5.74, 6) is 0. The number of likely N-dealkylation sites (N-methyl/N-ethyl adjacent to an activating group) is 1. The highest BCUT2D eigenvalue weighted by Gasteiger charge is 2.23. The van der Waals surface area contributed by atoms with Gasteiger partial charge in [-0.05, 0) is 35.7 Å². The standard InChI is InChI=1S/C18H18N4/c1-4-12-8-17-14(9-13(12)16-5-6-20-21-16)15-7-11(2)22(3)18(15)10-19-17/h5-6,8-10H,2,4,7H2,1,3H3,(H,20,21). The van der Waals surface area contributed by atoms with Gasteiger partial charge in [0.25, 0.3) is 0 Å². The van der Waals surface area contributed by atoms with Crippen LogP contribution in [-0.2, 0) is 12.8 Å². The van der Waals surface area contributed by atoms with Gasteiger partial charge in [0.2, 0.25) is 0 Å². The monoisotopic (exact) mass is 290 g/mol. The number of benzene rings is 1. The average molecular weight is 290 g/mol. The predicted octanol–water partition coefficient (Wildman–Crippen LogP) is 3.69. The molecule has 0 unspecified atom stereocenters. The molecule has 2 aromatic heterocycles. The van der Waals surface area contributed by atoms with Crippen molar-refractivity contribution in [3.63, 3.8) is 0 Å². The normalized spacial score (nSPS) is 13.9. The maximum absolute atomic E-state index is 4.66. The molecule has 0 atom stereocenters. The molecule has 0 amide bonds. The van der Waals surface area contributed by atoms with Crippen LogP contribution in [0.3, 0.4) is 0 Å². The first-order valence-electron chi connectivity index (χ1n) is 7.54. The van der Waals surface area contributed by atoms with Crippen LogP contribution in [0.5, 0.6) is 0 Å². The Morgan fingerprint density at radius 1 is 1.36 bits per heavy atom. The lowest BCUT2D eigenvalue weighted by atomic mass is 9.96. The third-order valence-electron chi connectivity index (χ3n) is 4.57. The van der Waals surface area contributed by atoms with Gasteiger partial charge in [-0.3, -0.25) is 10.1 Å². The molecule has 110 valence electrons. The SMILES string of the molecule is C=C1Cc2c(cnc3cc(CC)c(-c4ccn[nH]4)cc23)N1C. The van der Waals surface area contributed by atoms with E-state index < -0.39 is 0 Å². The predicted molar refractivity (Wildman–Crippen MR) is 89.9 cm³/mol. The van der Waals surface area contributed by atoms with Crippen molar-refractivity contribution in [2.45, 2.75) is 19.8 Å². The van der Waals surface area contributed by atoms with Gasteiger partial charge in [0, 0.05) is 36.3 Å². The van der Waals surface area contributed by atoms with E-state index in [1.54, 1.807) is 6.20 Å². The lowest BCUT2D eigenvalue weighted by Crippen LogP contribution is -2.09. The highest BCUT2D eigenvalue weighted by molar-refractivity contribution is 5.93. The van der Waals surface area contributed by atoms with Crippen molar-refractivity contribution in [2.24, 2.45) is 0 Å². The molecule has 1 N–H and O–H groups in total. The molecule has 1 aliphatic heterocycles. The summed E-state index contributed by atoms with van der Waals surface area (Å²) in [7, 11) is 2.05. The van der Waals surface area contributed by atoms with Gasteiger partial charge in [-0.1, -0.05) is 13.5 Å². The largest absolute Gasteiger partial charge is 0.347 e. The van der Waals surface area contributed by atoms with Gasteiger partial charge in [0.15, 0.2) is 0 Å². The molecule has 0 radical (unpaired) electrons. The minimum absolute atomic E-state index is 0.888. The second kappa shape index (κ2) is 4.70. The van der Waals surface area contributed by atoms with Crippen LogP contribution in [-0.4, -0.2) is 22.2 Å². The quantitative estimate of drug-likeness (QED) is 0.783. The number of H-pyrrole nitrogens is 1. The van der Waals surface area contributed by atoms with Gasteiger partial charge in [0.05, 0.1) is 23.1 Å². The molecule has 0 spiro atoms.